The zero-order chi connectivity index (χ0) is 23.2. The van der Waals surface area contributed by atoms with E-state index in [-0.39, 0.29) is 41.8 Å². The molecule has 0 spiro atoms. The van der Waals surface area contributed by atoms with Crippen LogP contribution < -0.4 is 0 Å². The highest BCUT2D eigenvalue weighted by atomic mass is 19.1. The Morgan fingerprint density at radius 3 is 2.58 bits per heavy atom. The van der Waals surface area contributed by atoms with Crippen LogP contribution in [0.25, 0.3) is 11.4 Å². The molecule has 0 radical (unpaired) electrons. The van der Waals surface area contributed by atoms with Crippen molar-refractivity contribution >= 4 is 11.6 Å². The lowest BCUT2D eigenvalue weighted by Crippen LogP contribution is -2.32. The number of nitro groups is 1. The van der Waals surface area contributed by atoms with Crippen LogP contribution in [0.1, 0.15) is 21.8 Å². The molecule has 0 N–H and O–H groups in total. The Labute approximate surface area is 188 Å². The van der Waals surface area contributed by atoms with Crippen LogP contribution in [0, 0.1) is 15.9 Å². The minimum absolute atomic E-state index is 0.0754. The summed E-state index contributed by atoms with van der Waals surface area (Å²) in [4.78, 5) is 29.5. The lowest BCUT2D eigenvalue weighted by Gasteiger charge is -2.22. The minimum atomic E-state index is -0.496. The van der Waals surface area contributed by atoms with Gasteiger partial charge in [0, 0.05) is 42.8 Å². The first-order valence-electron chi connectivity index (χ1n) is 10.2. The number of aromatic nitrogens is 2. The second-order valence-corrected chi connectivity index (χ2v) is 7.29. The van der Waals surface area contributed by atoms with Gasteiger partial charge in [-0.25, -0.2) is 4.39 Å². The molecule has 4 aromatic rings. The van der Waals surface area contributed by atoms with Crippen molar-refractivity contribution in [3.8, 4) is 11.4 Å². The quantitative estimate of drug-likeness (QED) is 0.288. The maximum absolute atomic E-state index is 13.7. The van der Waals surface area contributed by atoms with E-state index in [1.54, 1.807) is 23.1 Å². The number of carbonyl (C=O) groups is 1. The molecule has 0 atom stereocenters. The third-order valence-corrected chi connectivity index (χ3v) is 4.95. The lowest BCUT2D eigenvalue weighted by molar-refractivity contribution is -0.384. The number of hydrogen-bond donors (Lipinski definition) is 0. The van der Waals surface area contributed by atoms with Gasteiger partial charge < -0.3 is 9.42 Å². The van der Waals surface area contributed by atoms with Gasteiger partial charge in [-0.15, -0.1) is 0 Å². The molecule has 8 nitrogen and oxygen atoms in total. The molecule has 0 bridgehead atoms. The van der Waals surface area contributed by atoms with E-state index in [0.717, 1.165) is 5.56 Å². The van der Waals surface area contributed by atoms with Gasteiger partial charge in [-0.1, -0.05) is 53.7 Å². The van der Waals surface area contributed by atoms with E-state index < -0.39 is 10.7 Å². The molecule has 0 aliphatic rings. The van der Waals surface area contributed by atoms with Crippen molar-refractivity contribution in [2.24, 2.45) is 0 Å². The monoisotopic (exact) mass is 446 g/mol. The zero-order valence-electron chi connectivity index (χ0n) is 17.4. The Hall–Kier alpha value is -4.40. The van der Waals surface area contributed by atoms with E-state index in [0.29, 0.717) is 12.1 Å². The Morgan fingerprint density at radius 1 is 1.03 bits per heavy atom. The van der Waals surface area contributed by atoms with Crippen molar-refractivity contribution in [3.63, 3.8) is 0 Å². The van der Waals surface area contributed by atoms with E-state index in [2.05, 4.69) is 10.1 Å². The molecule has 0 aliphatic heterocycles. The fourth-order valence-corrected chi connectivity index (χ4v) is 3.32. The molecule has 1 heterocycles. The number of amides is 1. The number of benzene rings is 3. The highest BCUT2D eigenvalue weighted by molar-refractivity contribution is 5.94. The SMILES string of the molecule is O=C(c1cccc(F)c1)N(CCc1nc(-c2cccc([N+](=O)[O-])c2)no1)Cc1ccccc1. The molecule has 4 rings (SSSR count). The molecule has 0 fully saturated rings. The highest BCUT2D eigenvalue weighted by Gasteiger charge is 2.19. The van der Waals surface area contributed by atoms with Crippen LogP contribution in [-0.4, -0.2) is 32.4 Å². The van der Waals surface area contributed by atoms with Crippen LogP contribution in [0.2, 0.25) is 0 Å². The fourth-order valence-electron chi connectivity index (χ4n) is 3.32. The summed E-state index contributed by atoms with van der Waals surface area (Å²) >= 11 is 0. The van der Waals surface area contributed by atoms with Crippen LogP contribution in [0.15, 0.2) is 83.4 Å². The van der Waals surface area contributed by atoms with Crippen molar-refractivity contribution in [1.82, 2.24) is 15.0 Å². The molecule has 0 unspecified atom stereocenters. The number of hydrogen-bond acceptors (Lipinski definition) is 6. The minimum Gasteiger partial charge on any atom is -0.339 e. The van der Waals surface area contributed by atoms with Gasteiger partial charge in [-0.05, 0) is 23.8 Å². The summed E-state index contributed by atoms with van der Waals surface area (Å²) in [6, 6.07) is 20.9. The van der Waals surface area contributed by atoms with Crippen molar-refractivity contribution in [3.05, 3.63) is 112 Å². The first kappa shape index (κ1) is 21.8. The first-order chi connectivity index (χ1) is 16.0. The maximum Gasteiger partial charge on any atom is 0.270 e. The van der Waals surface area contributed by atoms with E-state index in [1.165, 1.54) is 30.3 Å². The van der Waals surface area contributed by atoms with Crippen LogP contribution in [0.4, 0.5) is 10.1 Å². The molecule has 0 saturated carbocycles. The van der Waals surface area contributed by atoms with Gasteiger partial charge in [0.25, 0.3) is 11.6 Å². The first-order valence-corrected chi connectivity index (χ1v) is 10.2. The molecule has 3 aromatic carbocycles. The topological polar surface area (TPSA) is 102 Å². The Morgan fingerprint density at radius 2 is 1.82 bits per heavy atom. The summed E-state index contributed by atoms with van der Waals surface area (Å²) in [6.45, 7) is 0.572. The van der Waals surface area contributed by atoms with Gasteiger partial charge in [0.15, 0.2) is 0 Å². The maximum atomic E-state index is 13.7. The molecule has 166 valence electrons. The number of halogens is 1. The van der Waals surface area contributed by atoms with Gasteiger partial charge >= 0.3 is 0 Å². The molecule has 33 heavy (non-hydrogen) atoms. The number of rotatable bonds is 8. The summed E-state index contributed by atoms with van der Waals surface area (Å²) in [5, 5.41) is 14.9. The van der Waals surface area contributed by atoms with E-state index in [9.17, 15) is 19.3 Å². The summed E-state index contributed by atoms with van der Waals surface area (Å²) in [5.41, 5.74) is 1.54. The van der Waals surface area contributed by atoms with Crippen LogP contribution in [0.5, 0.6) is 0 Å². The van der Waals surface area contributed by atoms with Gasteiger partial charge in [-0.2, -0.15) is 4.98 Å². The Kier molecular flexibility index (Phi) is 6.49. The van der Waals surface area contributed by atoms with Crippen molar-refractivity contribution in [2.75, 3.05) is 6.54 Å². The predicted octanol–water partition coefficient (Wildman–Crippen LogP) is 4.67. The second-order valence-electron chi connectivity index (χ2n) is 7.29. The largest absolute Gasteiger partial charge is 0.339 e. The standard InChI is InChI=1S/C24H19FN4O4/c25-20-10-4-9-19(14-20)24(30)28(16-17-6-2-1-3-7-17)13-12-22-26-23(27-33-22)18-8-5-11-21(15-18)29(31)32/h1-11,14-15H,12-13,16H2. The second kappa shape index (κ2) is 9.82. The third-order valence-electron chi connectivity index (χ3n) is 4.95. The number of carbonyl (C=O) groups excluding carboxylic acids is 1. The van der Waals surface area contributed by atoms with Gasteiger partial charge in [-0.3, -0.25) is 14.9 Å². The van der Waals surface area contributed by atoms with Crippen LogP contribution >= 0.6 is 0 Å². The molecule has 1 amide bonds. The Bertz CT molecular complexity index is 1280. The molecule has 0 aliphatic carbocycles. The smallest absolute Gasteiger partial charge is 0.270 e. The number of non-ortho nitro benzene ring substituents is 1. The summed E-state index contributed by atoms with van der Waals surface area (Å²) < 4.78 is 19.0. The van der Waals surface area contributed by atoms with Gasteiger partial charge in [0.1, 0.15) is 5.82 Å². The van der Waals surface area contributed by atoms with E-state index >= 15 is 0 Å². The van der Waals surface area contributed by atoms with Crippen molar-refractivity contribution in [2.45, 2.75) is 13.0 Å². The van der Waals surface area contributed by atoms with Crippen LogP contribution in [0.3, 0.4) is 0 Å². The average molecular weight is 446 g/mol. The third kappa shape index (κ3) is 5.45. The summed E-state index contributed by atoms with van der Waals surface area (Å²) in [5.74, 6) is -0.308. The van der Waals surface area contributed by atoms with Gasteiger partial charge in [0.2, 0.25) is 11.7 Å². The van der Waals surface area contributed by atoms with E-state index in [4.69, 9.17) is 4.52 Å². The summed E-state index contributed by atoms with van der Waals surface area (Å²) in [6.07, 6.45) is 0.260. The molecule has 9 heteroatoms. The fraction of sp³-hybridized carbons (Fsp3) is 0.125. The lowest BCUT2D eigenvalue weighted by atomic mass is 10.1. The predicted molar refractivity (Wildman–Crippen MR) is 118 cm³/mol. The van der Waals surface area contributed by atoms with Crippen LogP contribution in [-0.2, 0) is 13.0 Å². The number of nitrogens with zero attached hydrogens (tertiary/aromatic N) is 4. The van der Waals surface area contributed by atoms with E-state index in [1.807, 2.05) is 30.3 Å². The molecule has 1 aromatic heterocycles. The molecular formula is C24H19FN4O4. The summed E-state index contributed by atoms with van der Waals surface area (Å²) in [7, 11) is 0. The van der Waals surface area contributed by atoms with Crippen molar-refractivity contribution in [1.29, 1.82) is 0 Å². The molecular weight excluding hydrogens is 427 g/mol. The average Bonchev–Trinajstić information content (AvgIpc) is 3.31. The van der Waals surface area contributed by atoms with Crippen molar-refractivity contribution < 1.29 is 18.6 Å². The zero-order valence-corrected chi connectivity index (χ0v) is 17.4. The Balaban J connectivity index is 1.52. The highest BCUT2D eigenvalue weighted by Crippen LogP contribution is 2.21. The normalized spacial score (nSPS) is 10.7. The van der Waals surface area contributed by atoms with Gasteiger partial charge in [0.05, 0.1) is 4.92 Å². The molecule has 0 saturated heterocycles. The number of nitro benzene ring substituents is 1.